The van der Waals surface area contributed by atoms with E-state index in [0.29, 0.717) is 22.5 Å². The topological polar surface area (TPSA) is 121 Å². The molecule has 0 saturated carbocycles. The van der Waals surface area contributed by atoms with Crippen LogP contribution in [0.25, 0.3) is 11.0 Å². The van der Waals surface area contributed by atoms with Gasteiger partial charge in [0.2, 0.25) is 11.9 Å². The number of alkyl halides is 4. The van der Waals surface area contributed by atoms with Gasteiger partial charge in [0.25, 0.3) is 5.91 Å². The number of benzene rings is 2. The lowest BCUT2D eigenvalue weighted by Crippen LogP contribution is -2.18. The molecule has 0 bridgehead atoms. The highest BCUT2D eigenvalue weighted by molar-refractivity contribution is 6.29. The van der Waals surface area contributed by atoms with Crippen molar-refractivity contribution < 1.29 is 27.5 Å². The Morgan fingerprint density at radius 2 is 1.86 bits per heavy atom. The van der Waals surface area contributed by atoms with Crippen molar-refractivity contribution in [2.24, 2.45) is 0 Å². The second-order valence-corrected chi connectivity index (χ2v) is 7.65. The standard InChI is InChI=1S/C23H18ClF3N6O3/c1-28-21(35)19-10-14(6-7-29-19)36-13-3-5-17-18(9-13)33-22(32-17)30-12-2-4-16(31-20(34)11-24)15(8-12)23(25,26)27/h2-10H,11H2,1H3,(H,28,35)(H,31,34)(H2,30,32,33). The van der Waals surface area contributed by atoms with Crippen LogP contribution in [0.1, 0.15) is 16.1 Å². The number of pyridine rings is 1. The number of amides is 2. The van der Waals surface area contributed by atoms with Crippen LogP contribution in [0.4, 0.5) is 30.5 Å². The summed E-state index contributed by atoms with van der Waals surface area (Å²) in [5, 5.41) is 7.41. The quantitative estimate of drug-likeness (QED) is 0.254. The molecule has 0 aliphatic rings. The first-order valence-corrected chi connectivity index (χ1v) is 10.9. The zero-order valence-corrected chi connectivity index (χ0v) is 19.3. The maximum absolute atomic E-state index is 13.5. The van der Waals surface area contributed by atoms with Crippen LogP contribution < -0.4 is 20.7 Å². The number of aromatic nitrogens is 3. The van der Waals surface area contributed by atoms with E-state index in [0.717, 1.165) is 12.1 Å². The predicted octanol–water partition coefficient (Wildman–Crippen LogP) is 5.05. The van der Waals surface area contributed by atoms with E-state index in [9.17, 15) is 22.8 Å². The number of ether oxygens (including phenoxy) is 1. The Kier molecular flexibility index (Phi) is 6.97. The fraction of sp³-hybridized carbons (Fsp3) is 0.130. The van der Waals surface area contributed by atoms with Gasteiger partial charge >= 0.3 is 6.18 Å². The molecular formula is C23H18ClF3N6O3. The molecule has 2 aromatic carbocycles. The minimum atomic E-state index is -4.71. The molecule has 186 valence electrons. The summed E-state index contributed by atoms with van der Waals surface area (Å²) in [6.45, 7) is 0. The second-order valence-electron chi connectivity index (χ2n) is 7.39. The van der Waals surface area contributed by atoms with Crippen molar-refractivity contribution in [2.45, 2.75) is 6.18 Å². The van der Waals surface area contributed by atoms with Crippen LogP contribution in [0.5, 0.6) is 11.5 Å². The minimum absolute atomic E-state index is 0.0974. The first-order valence-electron chi connectivity index (χ1n) is 10.4. The average molecular weight is 519 g/mol. The van der Waals surface area contributed by atoms with Crippen molar-refractivity contribution in [3.8, 4) is 11.5 Å². The van der Waals surface area contributed by atoms with Gasteiger partial charge in [-0.25, -0.2) is 4.98 Å². The van der Waals surface area contributed by atoms with Crippen LogP contribution in [0.15, 0.2) is 54.7 Å². The fourth-order valence-corrected chi connectivity index (χ4v) is 3.33. The number of anilines is 3. The highest BCUT2D eigenvalue weighted by atomic mass is 35.5. The summed E-state index contributed by atoms with van der Waals surface area (Å²) in [7, 11) is 1.49. The Labute approximate surface area is 207 Å². The fourth-order valence-electron chi connectivity index (χ4n) is 3.26. The summed E-state index contributed by atoms with van der Waals surface area (Å²) in [5.74, 6) is -0.567. The molecule has 13 heteroatoms. The molecule has 4 aromatic rings. The second kappa shape index (κ2) is 10.1. The van der Waals surface area contributed by atoms with Crippen molar-refractivity contribution in [1.82, 2.24) is 20.3 Å². The number of carbonyl (C=O) groups is 2. The summed E-state index contributed by atoms with van der Waals surface area (Å²) in [6, 6.07) is 11.4. The number of imidazole rings is 1. The van der Waals surface area contributed by atoms with E-state index in [1.165, 1.54) is 25.4 Å². The average Bonchev–Trinajstić information content (AvgIpc) is 3.25. The van der Waals surface area contributed by atoms with Crippen molar-refractivity contribution in [3.05, 3.63) is 66.0 Å². The zero-order chi connectivity index (χ0) is 25.9. The Balaban J connectivity index is 1.56. The van der Waals surface area contributed by atoms with Gasteiger partial charge in [0.15, 0.2) is 0 Å². The summed E-state index contributed by atoms with van der Waals surface area (Å²) >= 11 is 5.38. The number of fused-ring (bicyclic) bond motifs is 1. The lowest BCUT2D eigenvalue weighted by atomic mass is 10.1. The normalized spacial score (nSPS) is 11.2. The number of rotatable bonds is 7. The largest absolute Gasteiger partial charge is 0.457 e. The summed E-state index contributed by atoms with van der Waals surface area (Å²) in [4.78, 5) is 34.5. The SMILES string of the molecule is CNC(=O)c1cc(Oc2ccc3nc(Nc4ccc(NC(=O)CCl)c(C(F)(F)F)c4)[nH]c3c2)ccn1. The first kappa shape index (κ1) is 24.8. The monoisotopic (exact) mass is 518 g/mol. The van der Waals surface area contributed by atoms with Crippen molar-refractivity contribution in [3.63, 3.8) is 0 Å². The zero-order valence-electron chi connectivity index (χ0n) is 18.5. The number of nitrogens with zero attached hydrogens (tertiary/aromatic N) is 2. The van der Waals surface area contributed by atoms with E-state index < -0.39 is 29.2 Å². The molecule has 2 amide bonds. The van der Waals surface area contributed by atoms with Crippen molar-refractivity contribution in [2.75, 3.05) is 23.6 Å². The number of hydrogen-bond acceptors (Lipinski definition) is 6. The lowest BCUT2D eigenvalue weighted by Gasteiger charge is -2.15. The van der Waals surface area contributed by atoms with E-state index in [1.54, 1.807) is 24.3 Å². The summed E-state index contributed by atoms with van der Waals surface area (Å²) < 4.78 is 46.4. The number of halogens is 4. The van der Waals surface area contributed by atoms with Gasteiger partial charge < -0.3 is 25.7 Å². The Hall–Kier alpha value is -4.32. The molecule has 0 saturated heterocycles. The molecule has 0 aliphatic carbocycles. The molecule has 0 aliphatic heterocycles. The van der Waals surface area contributed by atoms with Gasteiger partial charge in [0.05, 0.1) is 22.3 Å². The van der Waals surface area contributed by atoms with E-state index in [4.69, 9.17) is 16.3 Å². The predicted molar refractivity (Wildman–Crippen MR) is 128 cm³/mol. The maximum Gasteiger partial charge on any atom is 0.418 e. The van der Waals surface area contributed by atoms with Gasteiger partial charge in [-0.2, -0.15) is 13.2 Å². The van der Waals surface area contributed by atoms with Gasteiger partial charge in [0, 0.05) is 31.1 Å². The Morgan fingerprint density at radius 3 is 2.58 bits per heavy atom. The Morgan fingerprint density at radius 1 is 1.08 bits per heavy atom. The molecule has 36 heavy (non-hydrogen) atoms. The molecule has 0 spiro atoms. The maximum atomic E-state index is 13.5. The molecule has 9 nitrogen and oxygen atoms in total. The van der Waals surface area contributed by atoms with Crippen LogP contribution in [-0.2, 0) is 11.0 Å². The molecule has 0 radical (unpaired) electrons. The summed E-state index contributed by atoms with van der Waals surface area (Å²) in [6.07, 6.45) is -3.27. The van der Waals surface area contributed by atoms with Gasteiger partial charge in [-0.15, -0.1) is 11.6 Å². The molecule has 0 unspecified atom stereocenters. The van der Waals surface area contributed by atoms with E-state index in [1.807, 2.05) is 0 Å². The third-order valence-electron chi connectivity index (χ3n) is 4.86. The van der Waals surface area contributed by atoms with Gasteiger partial charge in [-0.1, -0.05) is 0 Å². The number of aromatic amines is 1. The van der Waals surface area contributed by atoms with Crippen LogP contribution in [0, 0.1) is 0 Å². The van der Waals surface area contributed by atoms with E-state index in [-0.39, 0.29) is 23.2 Å². The highest BCUT2D eigenvalue weighted by Gasteiger charge is 2.34. The molecule has 0 fully saturated rings. The van der Waals surface area contributed by atoms with Crippen LogP contribution in [-0.4, -0.2) is 39.7 Å². The minimum Gasteiger partial charge on any atom is -0.457 e. The smallest absolute Gasteiger partial charge is 0.418 e. The van der Waals surface area contributed by atoms with Gasteiger partial charge in [-0.3, -0.25) is 14.6 Å². The molecule has 0 atom stereocenters. The van der Waals surface area contributed by atoms with Crippen LogP contribution >= 0.6 is 11.6 Å². The number of hydrogen-bond donors (Lipinski definition) is 4. The molecule has 2 heterocycles. The highest BCUT2D eigenvalue weighted by Crippen LogP contribution is 2.37. The number of carbonyl (C=O) groups excluding carboxylic acids is 2. The first-order chi connectivity index (χ1) is 17.2. The summed E-state index contributed by atoms with van der Waals surface area (Å²) in [5.41, 5.74) is -0.0619. The molecule has 4 rings (SSSR count). The Bertz CT molecular complexity index is 1440. The lowest BCUT2D eigenvalue weighted by molar-refractivity contribution is -0.136. The van der Waals surface area contributed by atoms with E-state index >= 15 is 0 Å². The van der Waals surface area contributed by atoms with E-state index in [2.05, 4.69) is 30.9 Å². The van der Waals surface area contributed by atoms with Crippen LogP contribution in [0.2, 0.25) is 0 Å². The molecule has 2 aromatic heterocycles. The van der Waals surface area contributed by atoms with Gasteiger partial charge in [0.1, 0.15) is 23.1 Å². The molecular weight excluding hydrogens is 501 g/mol. The number of nitrogens with one attached hydrogen (secondary N) is 4. The van der Waals surface area contributed by atoms with Gasteiger partial charge in [-0.05, 0) is 36.4 Å². The number of H-pyrrole nitrogens is 1. The van der Waals surface area contributed by atoms with Crippen molar-refractivity contribution >= 4 is 51.8 Å². The third-order valence-corrected chi connectivity index (χ3v) is 5.11. The third kappa shape index (κ3) is 5.66. The van der Waals surface area contributed by atoms with Crippen LogP contribution in [0.3, 0.4) is 0 Å². The van der Waals surface area contributed by atoms with Crippen molar-refractivity contribution in [1.29, 1.82) is 0 Å². The molecule has 4 N–H and O–H groups in total.